The molecule has 0 aromatic heterocycles. The molecule has 0 saturated carbocycles. The number of hydrogen-bond acceptors (Lipinski definition) is 7. The third kappa shape index (κ3) is 7.78. The molecule has 0 atom stereocenters. The highest BCUT2D eigenvalue weighted by Crippen LogP contribution is 2.24. The molecule has 0 aliphatic heterocycles. The van der Waals surface area contributed by atoms with E-state index in [-0.39, 0.29) is 22.2 Å². The van der Waals surface area contributed by atoms with Crippen LogP contribution in [0.2, 0.25) is 10.0 Å². The predicted molar refractivity (Wildman–Crippen MR) is 147 cm³/mol. The molecule has 3 aromatic carbocycles. The number of amides is 1. The number of carbonyl (C=O) groups excluding carboxylic acids is 1. The number of phenols is 1. The number of nitrogens with one attached hydrogen (secondary N) is 1. The maximum atomic E-state index is 12.7. The first-order chi connectivity index (χ1) is 18.3. The largest absolute Gasteiger partial charge is 0.507 e. The Kier molecular flexibility index (Phi) is 10.2. The quantitative estimate of drug-likeness (QED) is 0.136. The van der Waals surface area contributed by atoms with Crippen molar-refractivity contribution in [3.8, 4) is 17.9 Å². The molecule has 38 heavy (non-hydrogen) atoms. The molecular formula is C27H23Cl2N7O2. The normalized spacial score (nSPS) is 11.1. The number of carbonyl (C=O) groups is 1. The Morgan fingerprint density at radius 3 is 2.24 bits per heavy atom. The van der Waals surface area contributed by atoms with Gasteiger partial charge in [-0.25, -0.2) is 5.43 Å². The lowest BCUT2D eigenvalue weighted by molar-refractivity contribution is 0.0952. The van der Waals surface area contributed by atoms with Crippen LogP contribution < -0.4 is 10.3 Å². The lowest BCUT2D eigenvalue weighted by Crippen LogP contribution is -2.25. The highest BCUT2D eigenvalue weighted by Gasteiger charge is 2.15. The highest BCUT2D eigenvalue weighted by molar-refractivity contribution is 6.31. The maximum Gasteiger partial charge on any atom is 0.275 e. The van der Waals surface area contributed by atoms with Gasteiger partial charge < -0.3 is 10.0 Å². The Balaban J connectivity index is 1.97. The monoisotopic (exact) mass is 547 g/mol. The zero-order chi connectivity index (χ0) is 27.5. The minimum atomic E-state index is -0.683. The number of aryl methyl sites for hydroxylation is 1. The minimum absolute atomic E-state index is 0.0482. The number of amidine groups is 1. The van der Waals surface area contributed by atoms with Gasteiger partial charge in [-0.05, 0) is 73.2 Å². The summed E-state index contributed by atoms with van der Waals surface area (Å²) in [5, 5.41) is 41.5. The molecule has 0 spiro atoms. The Morgan fingerprint density at radius 2 is 1.61 bits per heavy atom. The smallest absolute Gasteiger partial charge is 0.275 e. The third-order valence-electron chi connectivity index (χ3n) is 5.36. The fraction of sp³-hybridized carbons (Fsp3) is 0.185. The van der Waals surface area contributed by atoms with Gasteiger partial charge in [0.1, 0.15) is 5.75 Å². The summed E-state index contributed by atoms with van der Waals surface area (Å²) < 4.78 is 0. The Labute approximate surface area is 230 Å². The van der Waals surface area contributed by atoms with Crippen LogP contribution in [0.4, 0.5) is 11.4 Å². The number of nitrogens with zero attached hydrogens (tertiary/aromatic N) is 6. The molecule has 3 rings (SSSR count). The number of anilines is 1. The average molecular weight is 548 g/mol. The van der Waals surface area contributed by atoms with Gasteiger partial charge in [-0.1, -0.05) is 23.2 Å². The van der Waals surface area contributed by atoms with Gasteiger partial charge >= 0.3 is 0 Å². The van der Waals surface area contributed by atoms with Gasteiger partial charge in [0.2, 0.25) is 5.84 Å². The summed E-state index contributed by atoms with van der Waals surface area (Å²) >= 11 is 11.9. The number of halogens is 2. The molecule has 0 fully saturated rings. The van der Waals surface area contributed by atoms with E-state index in [2.05, 4.69) is 32.9 Å². The fourth-order valence-electron chi connectivity index (χ4n) is 3.44. The van der Waals surface area contributed by atoms with Gasteiger partial charge in [-0.15, -0.1) is 15.3 Å². The van der Waals surface area contributed by atoms with Crippen molar-refractivity contribution in [2.45, 2.75) is 19.8 Å². The number of rotatable bonds is 9. The first kappa shape index (κ1) is 28.1. The zero-order valence-electron chi connectivity index (χ0n) is 20.4. The number of hydrogen-bond donors (Lipinski definition) is 2. The summed E-state index contributed by atoms with van der Waals surface area (Å²) in [5.74, 6) is -0.820. The summed E-state index contributed by atoms with van der Waals surface area (Å²) in [6.45, 7) is 2.81. The summed E-state index contributed by atoms with van der Waals surface area (Å²) in [4.78, 5) is 14.7. The van der Waals surface area contributed by atoms with Crippen molar-refractivity contribution in [1.29, 1.82) is 10.5 Å². The van der Waals surface area contributed by atoms with Crippen LogP contribution in [0.1, 0.15) is 34.3 Å². The summed E-state index contributed by atoms with van der Waals surface area (Å²) in [5.41, 5.74) is 5.07. The SMILES string of the molecule is Cc1cc(N(CCC#N)CCC#N)ccc1/C(N=Nc1ccc(Cl)cc1)=N\NC(=O)c1cc(Cl)ccc1O. The second-order valence-corrected chi connectivity index (χ2v) is 8.89. The van der Waals surface area contributed by atoms with Crippen LogP contribution in [-0.4, -0.2) is 29.9 Å². The van der Waals surface area contributed by atoms with Gasteiger partial charge in [-0.3, -0.25) is 4.79 Å². The average Bonchev–Trinajstić information content (AvgIpc) is 2.91. The van der Waals surface area contributed by atoms with Crippen LogP contribution in [0.3, 0.4) is 0 Å². The van der Waals surface area contributed by atoms with Crippen LogP contribution >= 0.6 is 23.2 Å². The number of aromatic hydroxyl groups is 1. The Morgan fingerprint density at radius 1 is 0.947 bits per heavy atom. The summed E-state index contributed by atoms with van der Waals surface area (Å²) in [7, 11) is 0. The van der Waals surface area contributed by atoms with Crippen molar-refractivity contribution in [2.75, 3.05) is 18.0 Å². The number of phenolic OH excluding ortho intramolecular Hbond substituents is 1. The lowest BCUT2D eigenvalue weighted by Gasteiger charge is -2.23. The van der Waals surface area contributed by atoms with Gasteiger partial charge in [0, 0.05) is 34.4 Å². The van der Waals surface area contributed by atoms with Gasteiger partial charge in [0.15, 0.2) is 0 Å². The zero-order valence-corrected chi connectivity index (χ0v) is 21.9. The number of hydrazone groups is 1. The molecule has 0 aliphatic carbocycles. The summed E-state index contributed by atoms with van der Waals surface area (Å²) in [6, 6.07) is 20.6. The predicted octanol–water partition coefficient (Wildman–Crippen LogP) is 6.52. The fourth-order valence-corrected chi connectivity index (χ4v) is 3.74. The van der Waals surface area contributed by atoms with E-state index in [0.717, 1.165) is 11.3 Å². The van der Waals surface area contributed by atoms with Crippen LogP contribution in [0, 0.1) is 29.6 Å². The molecular weight excluding hydrogens is 525 g/mol. The third-order valence-corrected chi connectivity index (χ3v) is 5.84. The first-order valence-electron chi connectivity index (χ1n) is 11.5. The number of azo groups is 1. The molecule has 0 radical (unpaired) electrons. The van der Waals surface area contributed by atoms with Crippen LogP contribution in [-0.2, 0) is 0 Å². The molecule has 3 aromatic rings. The molecule has 9 nitrogen and oxygen atoms in total. The van der Waals surface area contributed by atoms with Gasteiger partial charge in [-0.2, -0.15) is 10.5 Å². The topological polar surface area (TPSA) is 137 Å². The molecule has 192 valence electrons. The van der Waals surface area contributed by atoms with E-state index >= 15 is 0 Å². The maximum absolute atomic E-state index is 12.7. The van der Waals surface area contributed by atoms with Crippen LogP contribution in [0.25, 0.3) is 0 Å². The van der Waals surface area contributed by atoms with Crippen molar-refractivity contribution in [3.63, 3.8) is 0 Å². The Hall–Kier alpha value is -4.44. The van der Waals surface area contributed by atoms with Crippen LogP contribution in [0.15, 0.2) is 76.0 Å². The van der Waals surface area contributed by atoms with Gasteiger partial charge in [0.05, 0.1) is 36.2 Å². The van der Waals surface area contributed by atoms with Gasteiger partial charge in [0.25, 0.3) is 5.91 Å². The van der Waals surface area contributed by atoms with E-state index in [1.165, 1.54) is 18.2 Å². The first-order valence-corrected chi connectivity index (χ1v) is 12.2. The molecule has 11 heteroatoms. The highest BCUT2D eigenvalue weighted by atomic mass is 35.5. The number of nitriles is 2. The second kappa shape index (κ2) is 13.8. The molecule has 1 amide bonds. The molecule has 0 heterocycles. The van der Waals surface area contributed by atoms with E-state index < -0.39 is 5.91 Å². The molecule has 0 bridgehead atoms. The molecule has 0 unspecified atom stereocenters. The van der Waals surface area contributed by atoms with Crippen molar-refractivity contribution >= 4 is 46.3 Å². The molecule has 0 saturated heterocycles. The standard InChI is InChI=1S/C27H23Cl2N7O2/c1-18-16-22(36(14-2-12-30)15-3-13-31)9-10-23(18)26(33-32-21-7-4-19(28)5-8-21)34-35-27(38)24-17-20(29)6-11-25(24)37/h4-11,16-17,37H,2-3,14-15H2,1H3,(H,35,38)/b33-32?,34-26+. The van der Waals surface area contributed by atoms with Crippen LogP contribution in [0.5, 0.6) is 5.75 Å². The summed E-state index contributed by atoms with van der Waals surface area (Å²) in [6.07, 6.45) is 0.632. The van der Waals surface area contributed by atoms with E-state index in [9.17, 15) is 9.90 Å². The van der Waals surface area contributed by atoms with Crippen molar-refractivity contribution in [3.05, 3.63) is 87.4 Å². The van der Waals surface area contributed by atoms with Crippen molar-refractivity contribution < 1.29 is 9.90 Å². The second-order valence-electron chi connectivity index (χ2n) is 8.02. The van der Waals surface area contributed by atoms with E-state index in [4.69, 9.17) is 33.7 Å². The van der Waals surface area contributed by atoms with Crippen molar-refractivity contribution in [2.24, 2.45) is 15.3 Å². The van der Waals surface area contributed by atoms with E-state index in [1.54, 1.807) is 30.3 Å². The van der Waals surface area contributed by atoms with E-state index in [0.29, 0.717) is 42.2 Å². The van der Waals surface area contributed by atoms with Crippen molar-refractivity contribution in [1.82, 2.24) is 5.43 Å². The minimum Gasteiger partial charge on any atom is -0.507 e. The lowest BCUT2D eigenvalue weighted by atomic mass is 10.1. The van der Waals surface area contributed by atoms with E-state index in [1.807, 2.05) is 24.0 Å². The molecule has 0 aliphatic rings. The Bertz CT molecular complexity index is 1420. The molecule has 2 N–H and O–H groups in total. The number of benzene rings is 3.